The predicted octanol–water partition coefficient (Wildman–Crippen LogP) is 3.26. The van der Waals surface area contributed by atoms with E-state index >= 15 is 0 Å². The summed E-state index contributed by atoms with van der Waals surface area (Å²) in [5.41, 5.74) is 1.24. The summed E-state index contributed by atoms with van der Waals surface area (Å²) in [5.74, 6) is 2.53. The van der Waals surface area contributed by atoms with Crippen LogP contribution in [0.5, 0.6) is 5.75 Å². The van der Waals surface area contributed by atoms with E-state index in [-0.39, 0.29) is 5.41 Å². The Labute approximate surface area is 165 Å². The molecule has 5 heteroatoms. The number of benzene rings is 1. The average Bonchev–Trinajstić information content (AvgIpc) is 2.66. The Bertz CT molecular complexity index is 604. The fourth-order valence-electron chi connectivity index (χ4n) is 3.62. The molecule has 0 spiro atoms. The largest absolute Gasteiger partial charge is 0.497 e. The number of likely N-dealkylation sites (tertiary alicyclic amines) is 1. The van der Waals surface area contributed by atoms with E-state index in [9.17, 15) is 0 Å². The number of methoxy groups -OCH3 is 1. The third kappa shape index (κ3) is 6.73. The molecule has 1 fully saturated rings. The Morgan fingerprint density at radius 3 is 2.59 bits per heavy atom. The Morgan fingerprint density at radius 1 is 1.30 bits per heavy atom. The van der Waals surface area contributed by atoms with Crippen molar-refractivity contribution in [3.05, 3.63) is 29.8 Å². The van der Waals surface area contributed by atoms with Gasteiger partial charge < -0.3 is 20.3 Å². The lowest BCUT2D eigenvalue weighted by atomic mass is 9.84. The van der Waals surface area contributed by atoms with E-state index < -0.39 is 0 Å². The lowest BCUT2D eigenvalue weighted by Crippen LogP contribution is -2.50. The van der Waals surface area contributed by atoms with Crippen molar-refractivity contribution in [2.24, 2.45) is 10.9 Å². The summed E-state index contributed by atoms with van der Waals surface area (Å²) in [6.07, 6.45) is 2.35. The maximum absolute atomic E-state index is 5.37. The number of hydrogen-bond acceptors (Lipinski definition) is 3. The molecule has 0 unspecified atom stereocenters. The van der Waals surface area contributed by atoms with Crippen LogP contribution in [0.2, 0.25) is 0 Å². The zero-order chi connectivity index (χ0) is 19.9. The standard InChI is InChI=1S/C22H38N4O/c1-17(2)15-26-12-10-19(11-13-26)25-21(23-5)24-16-22(3,4)18-8-7-9-20(14-18)27-6/h7-9,14,17,19H,10-13,15-16H2,1-6H3,(H2,23,24,25). The molecule has 0 amide bonds. The van der Waals surface area contributed by atoms with E-state index in [1.807, 2.05) is 19.2 Å². The van der Waals surface area contributed by atoms with Crippen molar-refractivity contribution in [2.45, 2.75) is 52.0 Å². The first-order valence-electron chi connectivity index (χ1n) is 10.2. The minimum atomic E-state index is -0.0210. The normalized spacial score (nSPS) is 17.2. The maximum atomic E-state index is 5.37. The van der Waals surface area contributed by atoms with E-state index in [1.54, 1.807) is 7.11 Å². The smallest absolute Gasteiger partial charge is 0.191 e. The molecule has 1 aromatic carbocycles. The molecule has 0 bridgehead atoms. The van der Waals surface area contributed by atoms with Gasteiger partial charge in [-0.05, 0) is 36.5 Å². The summed E-state index contributed by atoms with van der Waals surface area (Å²) >= 11 is 0. The average molecular weight is 375 g/mol. The third-order valence-corrected chi connectivity index (χ3v) is 5.32. The molecule has 0 saturated carbocycles. The second-order valence-corrected chi connectivity index (χ2v) is 8.65. The molecule has 2 N–H and O–H groups in total. The summed E-state index contributed by atoms with van der Waals surface area (Å²) in [6.45, 7) is 13.4. The van der Waals surface area contributed by atoms with Crippen LogP contribution in [-0.2, 0) is 5.41 Å². The Kier molecular flexibility index (Phi) is 7.96. The molecule has 0 radical (unpaired) electrons. The molecule has 1 aliphatic heterocycles. The van der Waals surface area contributed by atoms with Crippen molar-refractivity contribution in [2.75, 3.05) is 40.3 Å². The van der Waals surface area contributed by atoms with Crippen molar-refractivity contribution in [1.29, 1.82) is 0 Å². The molecule has 27 heavy (non-hydrogen) atoms. The van der Waals surface area contributed by atoms with Crippen LogP contribution in [0.25, 0.3) is 0 Å². The van der Waals surface area contributed by atoms with Gasteiger partial charge in [-0.1, -0.05) is 39.8 Å². The number of hydrogen-bond donors (Lipinski definition) is 2. The summed E-state index contributed by atoms with van der Waals surface area (Å²) in [4.78, 5) is 7.01. The molecular formula is C22H38N4O. The van der Waals surface area contributed by atoms with E-state index in [1.165, 1.54) is 38.0 Å². The number of guanidine groups is 1. The number of aliphatic imine (C=N–C) groups is 1. The first-order chi connectivity index (χ1) is 12.8. The molecule has 152 valence electrons. The highest BCUT2D eigenvalue weighted by molar-refractivity contribution is 5.80. The zero-order valence-corrected chi connectivity index (χ0v) is 18.0. The summed E-state index contributed by atoms with van der Waals surface area (Å²) < 4.78 is 5.37. The molecule has 0 aliphatic carbocycles. The molecule has 2 rings (SSSR count). The minimum absolute atomic E-state index is 0.0210. The third-order valence-electron chi connectivity index (χ3n) is 5.32. The van der Waals surface area contributed by atoms with Crippen LogP contribution in [-0.4, -0.2) is 57.2 Å². The van der Waals surface area contributed by atoms with Gasteiger partial charge in [-0.2, -0.15) is 0 Å². The van der Waals surface area contributed by atoms with Crippen molar-refractivity contribution in [3.8, 4) is 5.75 Å². The van der Waals surface area contributed by atoms with Crippen LogP contribution in [0, 0.1) is 5.92 Å². The molecule has 5 nitrogen and oxygen atoms in total. The van der Waals surface area contributed by atoms with Gasteiger partial charge >= 0.3 is 0 Å². The maximum Gasteiger partial charge on any atom is 0.191 e. The van der Waals surface area contributed by atoms with Gasteiger partial charge in [-0.15, -0.1) is 0 Å². The minimum Gasteiger partial charge on any atom is -0.497 e. The number of nitrogens with one attached hydrogen (secondary N) is 2. The molecule has 1 heterocycles. The molecule has 0 aromatic heterocycles. The Balaban J connectivity index is 1.84. The second-order valence-electron chi connectivity index (χ2n) is 8.65. The summed E-state index contributed by atoms with van der Waals surface area (Å²) in [7, 11) is 3.56. The van der Waals surface area contributed by atoms with E-state index in [0.29, 0.717) is 6.04 Å². The van der Waals surface area contributed by atoms with E-state index in [2.05, 4.69) is 60.4 Å². The van der Waals surface area contributed by atoms with Gasteiger partial charge in [0.25, 0.3) is 0 Å². The van der Waals surface area contributed by atoms with Crippen LogP contribution >= 0.6 is 0 Å². The highest BCUT2D eigenvalue weighted by atomic mass is 16.5. The molecule has 1 saturated heterocycles. The highest BCUT2D eigenvalue weighted by Gasteiger charge is 2.23. The summed E-state index contributed by atoms with van der Waals surface area (Å²) in [5, 5.41) is 7.13. The SMILES string of the molecule is CN=C(NCC(C)(C)c1cccc(OC)c1)NC1CCN(CC(C)C)CC1. The fraction of sp³-hybridized carbons (Fsp3) is 0.682. The van der Waals surface area contributed by atoms with Crippen LogP contribution < -0.4 is 15.4 Å². The lowest BCUT2D eigenvalue weighted by Gasteiger charge is -2.34. The predicted molar refractivity (Wildman–Crippen MR) is 115 cm³/mol. The van der Waals surface area contributed by atoms with Gasteiger partial charge in [0, 0.05) is 44.7 Å². The van der Waals surface area contributed by atoms with E-state index in [4.69, 9.17) is 4.74 Å². The van der Waals surface area contributed by atoms with Crippen molar-refractivity contribution in [1.82, 2.24) is 15.5 Å². The molecule has 1 aromatic rings. The molecule has 1 aliphatic rings. The number of rotatable bonds is 7. The Hall–Kier alpha value is -1.75. The highest BCUT2D eigenvalue weighted by Crippen LogP contribution is 2.25. The van der Waals surface area contributed by atoms with Gasteiger partial charge in [0.05, 0.1) is 7.11 Å². The van der Waals surface area contributed by atoms with Gasteiger partial charge in [-0.25, -0.2) is 0 Å². The fourth-order valence-corrected chi connectivity index (χ4v) is 3.62. The van der Waals surface area contributed by atoms with Crippen LogP contribution in [0.1, 0.15) is 46.1 Å². The molecular weight excluding hydrogens is 336 g/mol. The van der Waals surface area contributed by atoms with Crippen LogP contribution in [0.15, 0.2) is 29.3 Å². The van der Waals surface area contributed by atoms with Crippen molar-refractivity contribution < 1.29 is 4.74 Å². The van der Waals surface area contributed by atoms with Crippen molar-refractivity contribution in [3.63, 3.8) is 0 Å². The summed E-state index contributed by atoms with van der Waals surface area (Å²) in [6, 6.07) is 8.81. The van der Waals surface area contributed by atoms with Gasteiger partial charge in [0.2, 0.25) is 0 Å². The number of piperidine rings is 1. The first kappa shape index (κ1) is 21.5. The van der Waals surface area contributed by atoms with Crippen molar-refractivity contribution >= 4 is 5.96 Å². The van der Waals surface area contributed by atoms with E-state index in [0.717, 1.165) is 24.2 Å². The second kappa shape index (κ2) is 9.98. The quantitative estimate of drug-likeness (QED) is 0.568. The zero-order valence-electron chi connectivity index (χ0n) is 18.0. The first-order valence-corrected chi connectivity index (χ1v) is 10.2. The van der Waals surface area contributed by atoms with Gasteiger partial charge in [-0.3, -0.25) is 4.99 Å². The van der Waals surface area contributed by atoms with Crippen LogP contribution in [0.3, 0.4) is 0 Å². The number of ether oxygens (including phenoxy) is 1. The monoisotopic (exact) mass is 374 g/mol. The lowest BCUT2D eigenvalue weighted by molar-refractivity contribution is 0.187. The van der Waals surface area contributed by atoms with Gasteiger partial charge in [0.1, 0.15) is 5.75 Å². The van der Waals surface area contributed by atoms with Crippen LogP contribution in [0.4, 0.5) is 0 Å². The van der Waals surface area contributed by atoms with Gasteiger partial charge in [0.15, 0.2) is 5.96 Å². The number of nitrogens with zero attached hydrogens (tertiary/aromatic N) is 2. The topological polar surface area (TPSA) is 48.9 Å². The Morgan fingerprint density at radius 2 is 2.00 bits per heavy atom. The molecule has 0 atom stereocenters.